The van der Waals surface area contributed by atoms with Crippen molar-refractivity contribution in [3.05, 3.63) is 106 Å². The number of aryl methyl sites for hydroxylation is 1. The minimum atomic E-state index is -0.548. The molecule has 2 unspecified atom stereocenters. The summed E-state index contributed by atoms with van der Waals surface area (Å²) in [7, 11) is 2.73. The standard InChI is InChI=1S/C30H33NO4/c1-21(19-35-20-25-10-5-7-13-28(25)29(31-34-3)30(32)33-2)22-15-17-24(18-16-22)27-14-8-11-23-9-4-6-12-26(23)27/h4-7,9-10,12-13,15-18,21,27H,8,11,14,19-20H2,1-3H3/b31-29+. The van der Waals surface area contributed by atoms with Crippen molar-refractivity contribution in [2.75, 3.05) is 20.8 Å². The summed E-state index contributed by atoms with van der Waals surface area (Å²) in [5, 5.41) is 3.86. The van der Waals surface area contributed by atoms with E-state index in [0.717, 1.165) is 5.56 Å². The van der Waals surface area contributed by atoms with Gasteiger partial charge in [0.15, 0.2) is 5.71 Å². The average molecular weight is 472 g/mol. The predicted octanol–water partition coefficient (Wildman–Crippen LogP) is 6.00. The first-order valence-corrected chi connectivity index (χ1v) is 12.2. The molecular formula is C30H33NO4. The summed E-state index contributed by atoms with van der Waals surface area (Å²) in [5.41, 5.74) is 7.23. The van der Waals surface area contributed by atoms with Gasteiger partial charge in [0.1, 0.15) is 7.11 Å². The van der Waals surface area contributed by atoms with Gasteiger partial charge in [-0.3, -0.25) is 0 Å². The molecule has 0 heterocycles. The Labute approximate surface area is 207 Å². The Balaban J connectivity index is 1.40. The molecule has 4 rings (SSSR count). The van der Waals surface area contributed by atoms with Gasteiger partial charge in [0.25, 0.3) is 0 Å². The third-order valence-corrected chi connectivity index (χ3v) is 6.74. The second kappa shape index (κ2) is 11.8. The molecule has 182 valence electrons. The van der Waals surface area contributed by atoms with Crippen LogP contribution in [-0.2, 0) is 32.1 Å². The van der Waals surface area contributed by atoms with Gasteiger partial charge in [-0.05, 0) is 47.1 Å². The Hall–Kier alpha value is -3.44. The van der Waals surface area contributed by atoms with E-state index in [9.17, 15) is 4.79 Å². The largest absolute Gasteiger partial charge is 0.464 e. The van der Waals surface area contributed by atoms with Crippen molar-refractivity contribution in [2.45, 2.75) is 44.6 Å². The van der Waals surface area contributed by atoms with E-state index in [4.69, 9.17) is 14.3 Å². The highest BCUT2D eigenvalue weighted by molar-refractivity contribution is 6.43. The normalized spacial score (nSPS) is 16.3. The maximum atomic E-state index is 12.2. The van der Waals surface area contributed by atoms with Crippen LogP contribution in [0, 0.1) is 0 Å². The number of esters is 1. The molecule has 1 aliphatic rings. The van der Waals surface area contributed by atoms with Gasteiger partial charge in [-0.15, -0.1) is 0 Å². The molecule has 0 spiro atoms. The molecule has 1 aliphatic carbocycles. The molecule has 0 radical (unpaired) electrons. The lowest BCUT2D eigenvalue weighted by atomic mass is 9.78. The van der Waals surface area contributed by atoms with E-state index < -0.39 is 5.97 Å². The smallest absolute Gasteiger partial charge is 0.360 e. The van der Waals surface area contributed by atoms with Crippen LogP contribution >= 0.6 is 0 Å². The fourth-order valence-corrected chi connectivity index (χ4v) is 4.86. The molecule has 5 nitrogen and oxygen atoms in total. The van der Waals surface area contributed by atoms with Gasteiger partial charge in [-0.2, -0.15) is 0 Å². The summed E-state index contributed by atoms with van der Waals surface area (Å²) in [5.74, 6) is 0.172. The molecule has 0 saturated heterocycles. The average Bonchev–Trinajstić information content (AvgIpc) is 2.91. The molecule has 0 aromatic heterocycles. The van der Waals surface area contributed by atoms with Gasteiger partial charge >= 0.3 is 5.97 Å². The molecule has 35 heavy (non-hydrogen) atoms. The van der Waals surface area contributed by atoms with Crippen molar-refractivity contribution in [1.82, 2.24) is 0 Å². The number of hydrogen-bond acceptors (Lipinski definition) is 5. The van der Waals surface area contributed by atoms with Crippen molar-refractivity contribution in [3.63, 3.8) is 0 Å². The van der Waals surface area contributed by atoms with Crippen molar-refractivity contribution in [1.29, 1.82) is 0 Å². The third kappa shape index (κ3) is 5.80. The van der Waals surface area contributed by atoms with E-state index in [1.807, 2.05) is 24.3 Å². The number of methoxy groups -OCH3 is 1. The zero-order chi connectivity index (χ0) is 24.6. The number of oxime groups is 1. The number of ether oxygens (including phenoxy) is 2. The van der Waals surface area contributed by atoms with Gasteiger partial charge in [-0.25, -0.2) is 4.79 Å². The highest BCUT2D eigenvalue weighted by atomic mass is 16.6. The van der Waals surface area contributed by atoms with E-state index in [0.29, 0.717) is 24.7 Å². The Morgan fingerprint density at radius 2 is 1.74 bits per heavy atom. The van der Waals surface area contributed by atoms with Crippen LogP contribution in [-0.4, -0.2) is 32.5 Å². The Morgan fingerprint density at radius 3 is 2.51 bits per heavy atom. The molecule has 3 aromatic carbocycles. The van der Waals surface area contributed by atoms with Gasteiger partial charge in [0.2, 0.25) is 0 Å². The molecule has 5 heteroatoms. The number of fused-ring (bicyclic) bond motifs is 1. The summed E-state index contributed by atoms with van der Waals surface area (Å²) in [6, 6.07) is 25.4. The van der Waals surface area contributed by atoms with Gasteiger partial charge in [0, 0.05) is 17.4 Å². The summed E-state index contributed by atoms with van der Waals surface area (Å²) < 4.78 is 10.9. The first kappa shape index (κ1) is 24.7. The van der Waals surface area contributed by atoms with Gasteiger partial charge < -0.3 is 14.3 Å². The van der Waals surface area contributed by atoms with E-state index in [1.54, 1.807) is 0 Å². The summed E-state index contributed by atoms with van der Waals surface area (Å²) in [6.07, 6.45) is 3.62. The van der Waals surface area contributed by atoms with E-state index in [2.05, 4.69) is 60.6 Å². The van der Waals surface area contributed by atoms with Crippen LogP contribution in [0.3, 0.4) is 0 Å². The minimum Gasteiger partial charge on any atom is -0.464 e. The number of nitrogens with zero attached hydrogens (tertiary/aromatic N) is 1. The van der Waals surface area contributed by atoms with Gasteiger partial charge in [-0.1, -0.05) is 84.9 Å². The van der Waals surface area contributed by atoms with Crippen molar-refractivity contribution >= 4 is 11.7 Å². The molecular weight excluding hydrogens is 438 g/mol. The zero-order valence-electron chi connectivity index (χ0n) is 20.7. The molecule has 0 saturated carbocycles. The van der Waals surface area contributed by atoms with E-state index in [1.165, 1.54) is 55.7 Å². The quantitative estimate of drug-likeness (QED) is 0.218. The second-order valence-electron chi connectivity index (χ2n) is 9.00. The maximum Gasteiger partial charge on any atom is 0.360 e. The lowest BCUT2D eigenvalue weighted by Gasteiger charge is -2.26. The second-order valence-corrected chi connectivity index (χ2v) is 9.00. The Kier molecular flexibility index (Phi) is 8.32. The van der Waals surface area contributed by atoms with Crippen LogP contribution in [0.25, 0.3) is 0 Å². The molecule has 0 fully saturated rings. The fourth-order valence-electron chi connectivity index (χ4n) is 4.86. The monoisotopic (exact) mass is 471 g/mol. The molecule has 0 aliphatic heterocycles. The minimum absolute atomic E-state index is 0.127. The first-order chi connectivity index (χ1) is 17.1. The number of carbonyl (C=O) groups is 1. The maximum absolute atomic E-state index is 12.2. The number of carbonyl (C=O) groups excluding carboxylic acids is 1. The third-order valence-electron chi connectivity index (χ3n) is 6.74. The van der Waals surface area contributed by atoms with Gasteiger partial charge in [0.05, 0.1) is 20.3 Å². The Bertz CT molecular complexity index is 1170. The molecule has 2 atom stereocenters. The first-order valence-electron chi connectivity index (χ1n) is 12.2. The van der Waals surface area contributed by atoms with E-state index >= 15 is 0 Å². The summed E-state index contributed by atoms with van der Waals surface area (Å²) >= 11 is 0. The lowest BCUT2D eigenvalue weighted by molar-refractivity contribution is -0.132. The van der Waals surface area contributed by atoms with Crippen LogP contribution in [0.1, 0.15) is 65.0 Å². The van der Waals surface area contributed by atoms with Crippen LogP contribution in [0.5, 0.6) is 0 Å². The topological polar surface area (TPSA) is 57.1 Å². The SMILES string of the molecule is CO/N=C(/C(=O)OC)c1ccccc1COCC(C)c1ccc(C2CCCc3ccccc32)cc1. The predicted molar refractivity (Wildman–Crippen MR) is 138 cm³/mol. The number of hydrogen-bond donors (Lipinski definition) is 0. The van der Waals surface area contributed by atoms with Crippen LogP contribution in [0.2, 0.25) is 0 Å². The van der Waals surface area contributed by atoms with Crippen molar-refractivity contribution in [3.8, 4) is 0 Å². The zero-order valence-corrected chi connectivity index (χ0v) is 20.7. The number of rotatable bonds is 9. The fraction of sp³-hybridized carbons (Fsp3) is 0.333. The highest BCUT2D eigenvalue weighted by Crippen LogP contribution is 2.36. The molecule has 0 amide bonds. The molecule has 3 aromatic rings. The van der Waals surface area contributed by atoms with Crippen LogP contribution in [0.4, 0.5) is 0 Å². The van der Waals surface area contributed by atoms with Crippen molar-refractivity contribution < 1.29 is 19.1 Å². The van der Waals surface area contributed by atoms with Crippen LogP contribution < -0.4 is 0 Å². The van der Waals surface area contributed by atoms with E-state index in [-0.39, 0.29) is 11.6 Å². The van der Waals surface area contributed by atoms with Crippen molar-refractivity contribution in [2.24, 2.45) is 5.16 Å². The lowest BCUT2D eigenvalue weighted by Crippen LogP contribution is -2.19. The molecule has 0 bridgehead atoms. The highest BCUT2D eigenvalue weighted by Gasteiger charge is 2.22. The number of benzene rings is 3. The Morgan fingerprint density at radius 1 is 1.00 bits per heavy atom. The summed E-state index contributed by atoms with van der Waals surface area (Å²) in [4.78, 5) is 17.0. The molecule has 0 N–H and O–H groups in total. The summed E-state index contributed by atoms with van der Waals surface area (Å²) in [6.45, 7) is 3.09. The van der Waals surface area contributed by atoms with Crippen LogP contribution in [0.15, 0.2) is 78.0 Å².